The van der Waals surface area contributed by atoms with Crippen LogP contribution in [0.15, 0.2) is 56.7 Å². The molecule has 0 saturated carbocycles. The molecule has 0 radical (unpaired) electrons. The van der Waals surface area contributed by atoms with Crippen LogP contribution in [0.2, 0.25) is 5.02 Å². The predicted octanol–water partition coefficient (Wildman–Crippen LogP) is 2.17. The van der Waals surface area contributed by atoms with Crippen LogP contribution >= 0.6 is 11.6 Å². The van der Waals surface area contributed by atoms with Crippen LogP contribution in [-0.2, 0) is 17.8 Å². The van der Waals surface area contributed by atoms with Crippen LogP contribution in [-0.4, -0.2) is 38.4 Å². The highest BCUT2D eigenvalue weighted by atomic mass is 35.5. The summed E-state index contributed by atoms with van der Waals surface area (Å²) in [4.78, 5) is 44.0. The molecule has 8 nitrogen and oxygen atoms in total. The Morgan fingerprint density at radius 2 is 2.10 bits per heavy atom. The SMILES string of the molecule is O=C(Cn1ccc(=O)[nH]c1=O)N1CCC[C@@H](c2ncc(Cc3ccccc3Cl)o2)C1. The zero-order valence-electron chi connectivity index (χ0n) is 16.2. The van der Waals surface area contributed by atoms with E-state index in [0.717, 1.165) is 24.2 Å². The molecule has 1 aliphatic heterocycles. The Kier molecular flexibility index (Phi) is 5.85. The van der Waals surface area contributed by atoms with Gasteiger partial charge in [0.2, 0.25) is 5.91 Å². The van der Waals surface area contributed by atoms with E-state index >= 15 is 0 Å². The first kappa shape index (κ1) is 20.2. The minimum absolute atomic E-state index is 0.00463. The summed E-state index contributed by atoms with van der Waals surface area (Å²) >= 11 is 6.22. The van der Waals surface area contributed by atoms with E-state index in [2.05, 4.69) is 9.97 Å². The molecule has 1 aromatic carbocycles. The van der Waals surface area contributed by atoms with Gasteiger partial charge in [0.25, 0.3) is 5.56 Å². The standard InChI is InChI=1S/C21H21ClN4O4/c22-17-6-2-1-4-14(17)10-16-11-23-20(30-16)15-5-3-8-25(12-15)19(28)13-26-9-7-18(27)24-21(26)29/h1-2,4,6-7,9,11,15H,3,5,8,10,12-13H2,(H,24,27,29)/t15-/m1/s1. The fraction of sp³-hybridized carbons (Fsp3) is 0.333. The summed E-state index contributed by atoms with van der Waals surface area (Å²) in [5, 5.41) is 0.683. The van der Waals surface area contributed by atoms with Gasteiger partial charge in [-0.25, -0.2) is 9.78 Å². The van der Waals surface area contributed by atoms with E-state index in [1.165, 1.54) is 16.8 Å². The van der Waals surface area contributed by atoms with Gasteiger partial charge in [0, 0.05) is 36.8 Å². The summed E-state index contributed by atoms with van der Waals surface area (Å²) in [5.74, 6) is 1.14. The maximum Gasteiger partial charge on any atom is 0.328 e. The number of oxazole rings is 1. The van der Waals surface area contributed by atoms with Gasteiger partial charge in [-0.3, -0.25) is 19.1 Å². The van der Waals surface area contributed by atoms with Crippen molar-refractivity contribution in [3.63, 3.8) is 0 Å². The summed E-state index contributed by atoms with van der Waals surface area (Å²) in [6.45, 7) is 0.968. The molecule has 1 N–H and O–H groups in total. The van der Waals surface area contributed by atoms with E-state index in [1.807, 2.05) is 24.3 Å². The number of carbonyl (C=O) groups excluding carboxylic acids is 1. The Balaban J connectivity index is 1.42. The lowest BCUT2D eigenvalue weighted by Gasteiger charge is -2.31. The van der Waals surface area contributed by atoms with Crippen molar-refractivity contribution in [3.05, 3.63) is 85.8 Å². The summed E-state index contributed by atoms with van der Waals surface area (Å²) in [7, 11) is 0. The van der Waals surface area contributed by atoms with Gasteiger partial charge in [0.1, 0.15) is 12.3 Å². The average molecular weight is 429 g/mol. The number of rotatable bonds is 5. The van der Waals surface area contributed by atoms with Gasteiger partial charge in [-0.15, -0.1) is 0 Å². The van der Waals surface area contributed by atoms with Crippen molar-refractivity contribution in [2.45, 2.75) is 31.7 Å². The summed E-state index contributed by atoms with van der Waals surface area (Å²) in [6.07, 6.45) is 5.28. The second-order valence-electron chi connectivity index (χ2n) is 7.35. The largest absolute Gasteiger partial charge is 0.445 e. The molecule has 9 heteroatoms. The number of amides is 1. The normalized spacial score (nSPS) is 16.6. The highest BCUT2D eigenvalue weighted by Gasteiger charge is 2.28. The number of nitrogens with one attached hydrogen (secondary N) is 1. The third-order valence-corrected chi connectivity index (χ3v) is 5.59. The lowest BCUT2D eigenvalue weighted by Crippen LogP contribution is -2.42. The first-order valence-electron chi connectivity index (χ1n) is 9.75. The van der Waals surface area contributed by atoms with Crippen LogP contribution in [0.25, 0.3) is 0 Å². The molecule has 0 aliphatic carbocycles. The maximum atomic E-state index is 12.7. The van der Waals surface area contributed by atoms with Gasteiger partial charge >= 0.3 is 5.69 Å². The van der Waals surface area contributed by atoms with Gasteiger partial charge < -0.3 is 9.32 Å². The van der Waals surface area contributed by atoms with E-state index < -0.39 is 11.2 Å². The Labute approximate surface area is 177 Å². The molecule has 30 heavy (non-hydrogen) atoms. The summed E-state index contributed by atoms with van der Waals surface area (Å²) in [6, 6.07) is 8.82. The molecule has 1 saturated heterocycles. The van der Waals surface area contributed by atoms with Crippen molar-refractivity contribution >= 4 is 17.5 Å². The Bertz CT molecular complexity index is 1170. The Hall–Kier alpha value is -3.13. The molecular weight excluding hydrogens is 408 g/mol. The number of H-pyrrole nitrogens is 1. The van der Waals surface area contributed by atoms with E-state index in [0.29, 0.717) is 30.4 Å². The third-order valence-electron chi connectivity index (χ3n) is 5.22. The zero-order chi connectivity index (χ0) is 21.1. The van der Waals surface area contributed by atoms with E-state index in [9.17, 15) is 14.4 Å². The summed E-state index contributed by atoms with van der Waals surface area (Å²) in [5.41, 5.74) is -0.117. The van der Waals surface area contributed by atoms with Crippen LogP contribution in [0.3, 0.4) is 0 Å². The number of hydrogen-bond donors (Lipinski definition) is 1. The molecule has 0 bridgehead atoms. The topological polar surface area (TPSA) is 101 Å². The number of carbonyl (C=O) groups is 1. The number of likely N-dealkylation sites (tertiary alicyclic amines) is 1. The van der Waals surface area contributed by atoms with Crippen molar-refractivity contribution in [2.24, 2.45) is 0 Å². The first-order chi connectivity index (χ1) is 14.5. The minimum atomic E-state index is -0.596. The fourth-order valence-electron chi connectivity index (χ4n) is 3.64. The third kappa shape index (κ3) is 4.54. The molecular formula is C21H21ClN4O4. The molecule has 0 unspecified atom stereocenters. The van der Waals surface area contributed by atoms with Crippen LogP contribution in [0.5, 0.6) is 0 Å². The predicted molar refractivity (Wildman–Crippen MR) is 111 cm³/mol. The summed E-state index contributed by atoms with van der Waals surface area (Å²) < 4.78 is 7.15. The van der Waals surface area contributed by atoms with Gasteiger partial charge in [-0.1, -0.05) is 29.8 Å². The molecule has 3 aromatic rings. The molecule has 1 aliphatic rings. The number of benzene rings is 1. The number of halogens is 1. The number of nitrogens with zero attached hydrogens (tertiary/aromatic N) is 3. The van der Waals surface area contributed by atoms with E-state index in [1.54, 1.807) is 11.1 Å². The van der Waals surface area contributed by atoms with Gasteiger partial charge in [-0.05, 0) is 24.5 Å². The van der Waals surface area contributed by atoms with Gasteiger partial charge in [0.05, 0.1) is 12.1 Å². The van der Waals surface area contributed by atoms with Gasteiger partial charge in [-0.2, -0.15) is 0 Å². The highest BCUT2D eigenvalue weighted by Crippen LogP contribution is 2.28. The lowest BCUT2D eigenvalue weighted by molar-refractivity contribution is -0.133. The Morgan fingerprint density at radius 1 is 1.27 bits per heavy atom. The molecule has 156 valence electrons. The second-order valence-corrected chi connectivity index (χ2v) is 7.76. The first-order valence-corrected chi connectivity index (χ1v) is 10.1. The smallest absolute Gasteiger partial charge is 0.328 e. The van der Waals surface area contributed by atoms with E-state index in [4.69, 9.17) is 16.0 Å². The lowest BCUT2D eigenvalue weighted by atomic mass is 9.98. The van der Waals surface area contributed by atoms with Crippen LogP contribution < -0.4 is 11.2 Å². The van der Waals surface area contributed by atoms with Crippen molar-refractivity contribution in [1.82, 2.24) is 19.4 Å². The van der Waals surface area contributed by atoms with E-state index in [-0.39, 0.29) is 18.4 Å². The molecule has 1 amide bonds. The fourth-order valence-corrected chi connectivity index (χ4v) is 3.84. The monoisotopic (exact) mass is 428 g/mol. The van der Waals surface area contributed by atoms with Crippen LogP contribution in [0.1, 0.15) is 36.0 Å². The minimum Gasteiger partial charge on any atom is -0.445 e. The molecule has 1 fully saturated rings. The van der Waals surface area contributed by atoms with Gasteiger partial charge in [0.15, 0.2) is 5.89 Å². The zero-order valence-corrected chi connectivity index (χ0v) is 17.0. The number of aromatic nitrogens is 3. The van der Waals surface area contributed by atoms with Crippen molar-refractivity contribution in [2.75, 3.05) is 13.1 Å². The molecule has 3 heterocycles. The molecule has 0 spiro atoms. The quantitative estimate of drug-likeness (QED) is 0.671. The van der Waals surface area contributed by atoms with Crippen LogP contribution in [0, 0.1) is 0 Å². The molecule has 1 atom stereocenters. The van der Waals surface area contributed by atoms with Crippen molar-refractivity contribution in [3.8, 4) is 0 Å². The average Bonchev–Trinajstić information content (AvgIpc) is 3.20. The Morgan fingerprint density at radius 3 is 2.90 bits per heavy atom. The second kappa shape index (κ2) is 8.71. The maximum absolute atomic E-state index is 12.7. The molecule has 2 aromatic heterocycles. The highest BCUT2D eigenvalue weighted by molar-refractivity contribution is 6.31. The number of hydrogen-bond acceptors (Lipinski definition) is 5. The number of aromatic amines is 1. The molecule has 4 rings (SSSR count). The van der Waals surface area contributed by atoms with Crippen LogP contribution in [0.4, 0.5) is 0 Å². The van der Waals surface area contributed by atoms with Crippen molar-refractivity contribution in [1.29, 1.82) is 0 Å². The number of piperidine rings is 1. The van der Waals surface area contributed by atoms with Crippen molar-refractivity contribution < 1.29 is 9.21 Å².